The molecule has 0 atom stereocenters. The van der Waals surface area contributed by atoms with Gasteiger partial charge in [0.25, 0.3) is 0 Å². The quantitative estimate of drug-likeness (QED) is 0.644. The molecule has 2 aromatic carbocycles. The lowest BCUT2D eigenvalue weighted by molar-refractivity contribution is 0.101. The number of fused-ring (bicyclic) bond motifs is 1. The predicted molar refractivity (Wildman–Crippen MR) is 70.8 cm³/mol. The van der Waals surface area contributed by atoms with E-state index in [4.69, 9.17) is 4.42 Å². The first-order chi connectivity index (χ1) is 9.13. The molecule has 1 heterocycles. The van der Waals surface area contributed by atoms with Crippen molar-refractivity contribution in [2.24, 2.45) is 0 Å². The smallest absolute Gasteiger partial charge is 0.228 e. The molecule has 0 radical (unpaired) electrons. The molecule has 1 aromatic heterocycles. The number of halogens is 1. The maximum Gasteiger partial charge on any atom is 0.228 e. The van der Waals surface area contributed by atoms with Crippen LogP contribution in [-0.4, -0.2) is 5.78 Å². The number of aryl methyl sites for hydroxylation is 1. The van der Waals surface area contributed by atoms with Gasteiger partial charge in [0, 0.05) is 10.9 Å². The van der Waals surface area contributed by atoms with E-state index in [1.165, 1.54) is 18.2 Å². The standard InChI is InChI=1S/C16H11FO2/c1-10-5-6-14-12(7-10)9-15(19-14)16(18)11-3-2-4-13(17)8-11/h2-9H,1H3. The van der Waals surface area contributed by atoms with E-state index >= 15 is 0 Å². The average molecular weight is 254 g/mol. The minimum Gasteiger partial charge on any atom is -0.453 e. The Labute approximate surface area is 109 Å². The maximum absolute atomic E-state index is 13.1. The zero-order valence-electron chi connectivity index (χ0n) is 10.3. The third-order valence-corrected chi connectivity index (χ3v) is 2.98. The number of carbonyl (C=O) groups is 1. The Morgan fingerprint density at radius 2 is 1.95 bits per heavy atom. The summed E-state index contributed by atoms with van der Waals surface area (Å²) in [7, 11) is 0. The summed E-state index contributed by atoms with van der Waals surface area (Å²) in [6.45, 7) is 1.97. The average Bonchev–Trinajstić information content (AvgIpc) is 2.80. The molecule has 0 aliphatic carbocycles. The van der Waals surface area contributed by atoms with Crippen LogP contribution in [-0.2, 0) is 0 Å². The van der Waals surface area contributed by atoms with Crippen molar-refractivity contribution in [1.82, 2.24) is 0 Å². The van der Waals surface area contributed by atoms with Crippen LogP contribution >= 0.6 is 0 Å². The molecule has 3 aromatic rings. The largest absolute Gasteiger partial charge is 0.453 e. The molecule has 0 N–H and O–H groups in total. The number of hydrogen-bond acceptors (Lipinski definition) is 2. The van der Waals surface area contributed by atoms with Crippen LogP contribution in [0.4, 0.5) is 4.39 Å². The van der Waals surface area contributed by atoms with Gasteiger partial charge in [0.1, 0.15) is 11.4 Å². The van der Waals surface area contributed by atoms with E-state index in [1.807, 2.05) is 25.1 Å². The van der Waals surface area contributed by atoms with Crippen molar-refractivity contribution < 1.29 is 13.6 Å². The first kappa shape index (κ1) is 11.7. The third kappa shape index (κ3) is 2.15. The van der Waals surface area contributed by atoms with E-state index in [2.05, 4.69) is 0 Å². The minimum absolute atomic E-state index is 0.228. The van der Waals surface area contributed by atoms with Crippen LogP contribution < -0.4 is 0 Å². The Kier molecular flexibility index (Phi) is 2.67. The molecule has 0 spiro atoms. The van der Waals surface area contributed by atoms with Crippen LogP contribution in [0.15, 0.2) is 52.9 Å². The van der Waals surface area contributed by atoms with Crippen molar-refractivity contribution in [3.05, 3.63) is 71.2 Å². The summed E-state index contributed by atoms with van der Waals surface area (Å²) in [6, 6.07) is 13.0. The summed E-state index contributed by atoms with van der Waals surface area (Å²) in [5.41, 5.74) is 2.04. The van der Waals surface area contributed by atoms with Gasteiger partial charge in [0.05, 0.1) is 0 Å². The molecule has 0 aliphatic rings. The molecule has 0 unspecified atom stereocenters. The minimum atomic E-state index is -0.433. The molecule has 0 saturated heterocycles. The van der Waals surface area contributed by atoms with Gasteiger partial charge in [-0.05, 0) is 37.3 Å². The highest BCUT2D eigenvalue weighted by molar-refractivity contribution is 6.09. The molecular weight excluding hydrogens is 243 g/mol. The van der Waals surface area contributed by atoms with Gasteiger partial charge in [0.2, 0.25) is 5.78 Å². The van der Waals surface area contributed by atoms with Crippen molar-refractivity contribution >= 4 is 16.8 Å². The van der Waals surface area contributed by atoms with Crippen LogP contribution in [0.2, 0.25) is 0 Å². The summed E-state index contributed by atoms with van der Waals surface area (Å²) in [5.74, 6) is -0.516. The monoisotopic (exact) mass is 254 g/mol. The second-order valence-corrected chi connectivity index (χ2v) is 4.49. The number of hydrogen-bond donors (Lipinski definition) is 0. The highest BCUT2D eigenvalue weighted by Gasteiger charge is 2.15. The van der Waals surface area contributed by atoms with E-state index < -0.39 is 5.82 Å². The summed E-state index contributed by atoms with van der Waals surface area (Å²) in [4.78, 5) is 12.2. The van der Waals surface area contributed by atoms with Crippen LogP contribution in [0, 0.1) is 12.7 Å². The van der Waals surface area contributed by atoms with Crippen molar-refractivity contribution in [2.45, 2.75) is 6.92 Å². The van der Waals surface area contributed by atoms with E-state index in [0.29, 0.717) is 5.58 Å². The molecule has 0 aliphatic heterocycles. The van der Waals surface area contributed by atoms with Crippen LogP contribution in [0.1, 0.15) is 21.7 Å². The van der Waals surface area contributed by atoms with E-state index in [-0.39, 0.29) is 17.1 Å². The fraction of sp³-hybridized carbons (Fsp3) is 0.0625. The van der Waals surface area contributed by atoms with Crippen molar-refractivity contribution in [2.75, 3.05) is 0 Å². The van der Waals surface area contributed by atoms with Crippen LogP contribution in [0.3, 0.4) is 0 Å². The molecule has 3 rings (SSSR count). The summed E-state index contributed by atoms with van der Waals surface area (Å²) >= 11 is 0. The topological polar surface area (TPSA) is 30.2 Å². The molecule has 0 saturated carbocycles. The molecular formula is C16H11FO2. The lowest BCUT2D eigenvalue weighted by atomic mass is 10.1. The van der Waals surface area contributed by atoms with Crippen molar-refractivity contribution in [3.63, 3.8) is 0 Å². The fourth-order valence-electron chi connectivity index (χ4n) is 2.05. The normalized spacial score (nSPS) is 10.8. The van der Waals surface area contributed by atoms with Gasteiger partial charge in [0.15, 0.2) is 5.76 Å². The number of benzene rings is 2. The van der Waals surface area contributed by atoms with Crippen LogP contribution in [0.25, 0.3) is 11.0 Å². The highest BCUT2D eigenvalue weighted by atomic mass is 19.1. The second-order valence-electron chi connectivity index (χ2n) is 4.49. The summed E-state index contributed by atoms with van der Waals surface area (Å²) in [5, 5.41) is 0.875. The molecule has 3 heteroatoms. The Balaban J connectivity index is 2.06. The molecule has 0 fully saturated rings. The Hall–Kier alpha value is -2.42. The lowest BCUT2D eigenvalue weighted by Crippen LogP contribution is -1.99. The number of ketones is 1. The Morgan fingerprint density at radius 3 is 2.74 bits per heavy atom. The van der Waals surface area contributed by atoms with E-state index in [0.717, 1.165) is 10.9 Å². The zero-order chi connectivity index (χ0) is 13.4. The van der Waals surface area contributed by atoms with Gasteiger partial charge in [-0.3, -0.25) is 4.79 Å². The van der Waals surface area contributed by atoms with Gasteiger partial charge in [-0.1, -0.05) is 23.8 Å². The SMILES string of the molecule is Cc1ccc2oc(C(=O)c3cccc(F)c3)cc2c1. The number of carbonyl (C=O) groups excluding carboxylic acids is 1. The third-order valence-electron chi connectivity index (χ3n) is 2.98. The molecule has 19 heavy (non-hydrogen) atoms. The Morgan fingerprint density at radius 1 is 1.11 bits per heavy atom. The lowest BCUT2D eigenvalue weighted by Gasteiger charge is -1.96. The summed E-state index contributed by atoms with van der Waals surface area (Å²) < 4.78 is 18.6. The van der Waals surface area contributed by atoms with E-state index in [1.54, 1.807) is 12.1 Å². The van der Waals surface area contributed by atoms with Gasteiger partial charge in [-0.25, -0.2) is 4.39 Å². The Bertz CT molecular complexity index is 771. The number of furan rings is 1. The predicted octanol–water partition coefficient (Wildman–Crippen LogP) is 4.11. The van der Waals surface area contributed by atoms with Gasteiger partial charge in [-0.2, -0.15) is 0 Å². The fourth-order valence-corrected chi connectivity index (χ4v) is 2.05. The highest BCUT2D eigenvalue weighted by Crippen LogP contribution is 2.22. The summed E-state index contributed by atoms with van der Waals surface area (Å²) in [6.07, 6.45) is 0. The van der Waals surface area contributed by atoms with Gasteiger partial charge < -0.3 is 4.42 Å². The molecule has 2 nitrogen and oxygen atoms in total. The number of rotatable bonds is 2. The van der Waals surface area contributed by atoms with Crippen molar-refractivity contribution in [3.8, 4) is 0 Å². The first-order valence-corrected chi connectivity index (χ1v) is 5.94. The molecule has 0 bridgehead atoms. The van der Waals surface area contributed by atoms with E-state index in [9.17, 15) is 9.18 Å². The molecule has 94 valence electrons. The second kappa shape index (κ2) is 4.35. The molecule has 0 amide bonds. The van der Waals surface area contributed by atoms with Crippen molar-refractivity contribution in [1.29, 1.82) is 0 Å². The maximum atomic E-state index is 13.1. The van der Waals surface area contributed by atoms with Gasteiger partial charge in [-0.15, -0.1) is 0 Å². The first-order valence-electron chi connectivity index (χ1n) is 5.94. The van der Waals surface area contributed by atoms with Gasteiger partial charge >= 0.3 is 0 Å². The zero-order valence-corrected chi connectivity index (χ0v) is 10.3. The van der Waals surface area contributed by atoms with Crippen LogP contribution in [0.5, 0.6) is 0 Å².